The smallest absolute Gasteiger partial charge is 0.256 e. The average molecular weight is 502 g/mol. The Balaban J connectivity index is 1.68. The minimum absolute atomic E-state index is 0.000908. The Morgan fingerprint density at radius 1 is 1.08 bits per heavy atom. The molecule has 37 heavy (non-hydrogen) atoms. The predicted octanol–water partition coefficient (Wildman–Crippen LogP) is 3.64. The van der Waals surface area contributed by atoms with Gasteiger partial charge in [-0.15, -0.1) is 0 Å². The maximum atomic E-state index is 13.7. The van der Waals surface area contributed by atoms with Gasteiger partial charge in [0.2, 0.25) is 5.91 Å². The number of ether oxygens (including phenoxy) is 1. The second-order valence-electron chi connectivity index (χ2n) is 8.68. The Bertz CT molecular complexity index is 1620. The number of hydrogen-bond acceptors (Lipinski definition) is 6. The summed E-state index contributed by atoms with van der Waals surface area (Å²) in [5.41, 5.74) is 6.18. The van der Waals surface area contributed by atoms with E-state index in [1.165, 1.54) is 18.2 Å². The maximum Gasteiger partial charge on any atom is 0.256 e. The summed E-state index contributed by atoms with van der Waals surface area (Å²) in [6.07, 6.45) is -0.154. The molecule has 4 rings (SSSR count). The Kier molecular flexibility index (Phi) is 7.18. The molecule has 9 nitrogen and oxygen atoms in total. The highest BCUT2D eigenvalue weighted by atomic mass is 19.1. The molecule has 1 aromatic heterocycles. The Morgan fingerprint density at radius 3 is 2.54 bits per heavy atom. The third-order valence-corrected chi connectivity index (χ3v) is 5.73. The van der Waals surface area contributed by atoms with Gasteiger partial charge in [0.05, 0.1) is 29.4 Å². The first-order valence-electron chi connectivity index (χ1n) is 11.4. The van der Waals surface area contributed by atoms with Gasteiger partial charge < -0.3 is 26.1 Å². The van der Waals surface area contributed by atoms with E-state index in [1.54, 1.807) is 36.4 Å². The van der Waals surface area contributed by atoms with Crippen LogP contribution in [0.2, 0.25) is 0 Å². The van der Waals surface area contributed by atoms with Gasteiger partial charge in [-0.3, -0.25) is 14.4 Å². The van der Waals surface area contributed by atoms with Crippen molar-refractivity contribution >= 4 is 44.9 Å². The van der Waals surface area contributed by atoms with Gasteiger partial charge in [-0.05, 0) is 61.7 Å². The van der Waals surface area contributed by atoms with Crippen molar-refractivity contribution in [1.29, 1.82) is 5.26 Å². The van der Waals surface area contributed by atoms with Crippen LogP contribution in [0.3, 0.4) is 0 Å². The van der Waals surface area contributed by atoms with Crippen molar-refractivity contribution in [2.45, 2.75) is 26.0 Å². The highest BCUT2D eigenvalue weighted by Gasteiger charge is 2.21. The van der Waals surface area contributed by atoms with E-state index in [0.29, 0.717) is 33.1 Å². The monoisotopic (exact) mass is 501 g/mol. The van der Waals surface area contributed by atoms with Gasteiger partial charge in [0, 0.05) is 22.1 Å². The van der Waals surface area contributed by atoms with Crippen LogP contribution in [0.4, 0.5) is 15.8 Å². The van der Waals surface area contributed by atoms with E-state index in [9.17, 15) is 18.8 Å². The Hall–Kier alpha value is -4.75. The number of nitrogens with two attached hydrogens (primary N) is 1. The number of aromatic nitrogens is 1. The van der Waals surface area contributed by atoms with Crippen molar-refractivity contribution in [2.75, 3.05) is 17.2 Å². The van der Waals surface area contributed by atoms with E-state index in [2.05, 4.69) is 15.6 Å². The van der Waals surface area contributed by atoms with E-state index in [1.807, 2.05) is 13.8 Å². The lowest BCUT2D eigenvalue weighted by Crippen LogP contribution is -2.39. The summed E-state index contributed by atoms with van der Waals surface area (Å²) in [6.45, 7) is 3.65. The van der Waals surface area contributed by atoms with Gasteiger partial charge >= 0.3 is 0 Å². The van der Waals surface area contributed by atoms with Crippen LogP contribution in [0.15, 0.2) is 59.4 Å². The number of anilines is 2. The van der Waals surface area contributed by atoms with Crippen LogP contribution in [0.25, 0.3) is 21.7 Å². The largest absolute Gasteiger partial charge is 0.376 e. The third-order valence-electron chi connectivity index (χ3n) is 5.73. The number of carbonyl (C=O) groups is 2. The van der Waals surface area contributed by atoms with Gasteiger partial charge in [0.1, 0.15) is 17.9 Å². The second-order valence-corrected chi connectivity index (χ2v) is 8.68. The van der Waals surface area contributed by atoms with Gasteiger partial charge in [-0.25, -0.2) is 4.39 Å². The molecule has 0 saturated carbocycles. The van der Waals surface area contributed by atoms with Gasteiger partial charge in [0.15, 0.2) is 0 Å². The average Bonchev–Trinajstić information content (AvgIpc) is 2.86. The number of rotatable bonds is 8. The molecule has 3 aromatic carbocycles. The molecule has 0 fully saturated rings. The highest BCUT2D eigenvalue weighted by molar-refractivity contribution is 6.13. The second kappa shape index (κ2) is 10.5. The van der Waals surface area contributed by atoms with E-state index in [4.69, 9.17) is 15.7 Å². The predicted molar refractivity (Wildman–Crippen MR) is 139 cm³/mol. The number of benzene rings is 3. The topological polar surface area (TPSA) is 150 Å². The van der Waals surface area contributed by atoms with E-state index in [-0.39, 0.29) is 23.8 Å². The van der Waals surface area contributed by atoms with Crippen LogP contribution >= 0.6 is 0 Å². The molecular weight excluding hydrogens is 477 g/mol. The zero-order chi connectivity index (χ0) is 26.7. The van der Waals surface area contributed by atoms with Gasteiger partial charge in [0.25, 0.3) is 11.5 Å². The first-order valence-corrected chi connectivity index (χ1v) is 11.4. The summed E-state index contributed by atoms with van der Waals surface area (Å²) < 4.78 is 19.4. The molecule has 1 atom stereocenters. The summed E-state index contributed by atoms with van der Waals surface area (Å²) in [5, 5.41) is 16.4. The highest BCUT2D eigenvalue weighted by Crippen LogP contribution is 2.26. The summed E-state index contributed by atoms with van der Waals surface area (Å²) in [7, 11) is 0. The first kappa shape index (κ1) is 25.3. The molecule has 2 amide bonds. The van der Waals surface area contributed by atoms with Crippen LogP contribution in [0.1, 0.15) is 29.8 Å². The number of nitrogens with zero attached hydrogens (tertiary/aromatic N) is 1. The number of nitriles is 1. The molecule has 0 aliphatic rings. The fourth-order valence-corrected chi connectivity index (χ4v) is 3.94. The maximum absolute atomic E-state index is 13.7. The number of nitrogens with one attached hydrogen (secondary N) is 3. The van der Waals surface area contributed by atoms with Crippen LogP contribution in [-0.4, -0.2) is 35.6 Å². The molecule has 188 valence electrons. The van der Waals surface area contributed by atoms with Crippen molar-refractivity contribution in [3.05, 3.63) is 81.9 Å². The molecular formula is C27H24FN5O4. The van der Waals surface area contributed by atoms with E-state index < -0.39 is 29.2 Å². The molecule has 1 heterocycles. The zero-order valence-electron chi connectivity index (χ0n) is 20.1. The zero-order valence-corrected chi connectivity index (χ0v) is 20.1. The fraction of sp³-hybridized carbons (Fsp3) is 0.185. The quantitative estimate of drug-likeness (QED) is 0.271. The lowest BCUT2D eigenvalue weighted by atomic mass is 10.0. The van der Waals surface area contributed by atoms with Crippen molar-refractivity contribution in [2.24, 2.45) is 5.73 Å². The lowest BCUT2D eigenvalue weighted by Gasteiger charge is -2.21. The number of halogens is 1. The number of hydrogen-bond donors (Lipinski definition) is 4. The third kappa shape index (κ3) is 5.42. The lowest BCUT2D eigenvalue weighted by molar-refractivity contribution is -0.118. The summed E-state index contributed by atoms with van der Waals surface area (Å²) in [4.78, 5) is 40.5. The molecule has 10 heteroatoms. The number of primary amides is 1. The molecule has 0 bridgehead atoms. The number of para-hydroxylation sites is 1. The Morgan fingerprint density at radius 2 is 1.84 bits per heavy atom. The van der Waals surface area contributed by atoms with Crippen LogP contribution in [0, 0.1) is 17.1 Å². The summed E-state index contributed by atoms with van der Waals surface area (Å²) in [6, 6.07) is 14.5. The van der Waals surface area contributed by atoms with Gasteiger partial charge in [-0.2, -0.15) is 5.26 Å². The van der Waals surface area contributed by atoms with Crippen molar-refractivity contribution < 1.29 is 18.7 Å². The van der Waals surface area contributed by atoms with Crippen molar-refractivity contribution in [3.63, 3.8) is 0 Å². The van der Waals surface area contributed by atoms with Crippen LogP contribution in [0.5, 0.6) is 0 Å². The fourth-order valence-electron chi connectivity index (χ4n) is 3.94. The summed E-state index contributed by atoms with van der Waals surface area (Å²) >= 11 is 0. The number of carbonyl (C=O) groups excluding carboxylic acids is 2. The number of aromatic amines is 1. The minimum atomic E-state index is -0.882. The molecule has 0 aliphatic heterocycles. The molecule has 1 unspecified atom stereocenters. The van der Waals surface area contributed by atoms with Crippen molar-refractivity contribution in [3.8, 4) is 6.07 Å². The minimum Gasteiger partial charge on any atom is -0.376 e. The molecule has 0 spiro atoms. The normalized spacial score (nSPS) is 11.9. The number of H-pyrrole nitrogens is 1. The van der Waals surface area contributed by atoms with E-state index in [0.717, 1.165) is 6.07 Å². The standard InChI is InChI=1S/C27H24FN5O4/c1-14(2)37-13-23(31-16-7-9-22(28)15(10-16)12-29)27(36)32-17-6-8-19-21(11-17)18-4-3-5-20(25(30)34)24(18)33-26(19)35/h3-11,14,23,31H,13H2,1-2H3,(H2,30,34)(H,32,36)(H,33,35). The van der Waals surface area contributed by atoms with Crippen molar-refractivity contribution in [1.82, 2.24) is 4.98 Å². The van der Waals surface area contributed by atoms with Crippen LogP contribution in [-0.2, 0) is 9.53 Å². The van der Waals surface area contributed by atoms with E-state index >= 15 is 0 Å². The molecule has 5 N–H and O–H groups in total. The molecule has 4 aromatic rings. The molecule has 0 saturated heterocycles. The SMILES string of the molecule is CC(C)OCC(Nc1ccc(F)c(C#N)c1)C(=O)Nc1ccc2c(=O)[nH]c3c(C(N)=O)cccc3c2c1. The summed E-state index contributed by atoms with van der Waals surface area (Å²) in [5.74, 6) is -1.79. The molecule has 0 radical (unpaired) electrons. The number of fused-ring (bicyclic) bond motifs is 3. The first-order chi connectivity index (χ1) is 17.7. The van der Waals surface area contributed by atoms with Gasteiger partial charge in [-0.1, -0.05) is 12.1 Å². The molecule has 0 aliphatic carbocycles. The number of amides is 2. The number of pyridine rings is 1. The Labute approximate surface area is 211 Å². The van der Waals surface area contributed by atoms with Crippen LogP contribution < -0.4 is 21.9 Å².